The lowest BCUT2D eigenvalue weighted by Crippen LogP contribution is -1.92. The SMILES string of the molecule is COc1ccc(-c2ccncc2C#N)c(OC)c1. The maximum atomic E-state index is 9.09. The van der Waals surface area contributed by atoms with E-state index in [-0.39, 0.29) is 0 Å². The van der Waals surface area contributed by atoms with Gasteiger partial charge in [0.25, 0.3) is 0 Å². The fraction of sp³-hybridized carbons (Fsp3) is 0.143. The smallest absolute Gasteiger partial charge is 0.130 e. The highest BCUT2D eigenvalue weighted by molar-refractivity contribution is 5.75. The van der Waals surface area contributed by atoms with E-state index in [1.165, 1.54) is 0 Å². The molecule has 18 heavy (non-hydrogen) atoms. The van der Waals surface area contributed by atoms with Gasteiger partial charge in [-0.3, -0.25) is 4.98 Å². The summed E-state index contributed by atoms with van der Waals surface area (Å²) in [7, 11) is 3.19. The number of benzene rings is 1. The van der Waals surface area contributed by atoms with Crippen LogP contribution in [0.4, 0.5) is 0 Å². The summed E-state index contributed by atoms with van der Waals surface area (Å²) in [5.41, 5.74) is 2.16. The predicted molar refractivity (Wildman–Crippen MR) is 67.5 cm³/mol. The Hall–Kier alpha value is -2.54. The van der Waals surface area contributed by atoms with Crippen molar-refractivity contribution < 1.29 is 9.47 Å². The van der Waals surface area contributed by atoms with E-state index in [0.717, 1.165) is 11.1 Å². The molecule has 0 amide bonds. The molecule has 2 rings (SSSR count). The minimum absolute atomic E-state index is 0.515. The van der Waals surface area contributed by atoms with Gasteiger partial charge in [-0.2, -0.15) is 5.26 Å². The molecule has 4 nitrogen and oxygen atoms in total. The second kappa shape index (κ2) is 5.19. The van der Waals surface area contributed by atoms with Gasteiger partial charge in [0.1, 0.15) is 17.6 Å². The van der Waals surface area contributed by atoms with Crippen LogP contribution >= 0.6 is 0 Å². The highest BCUT2D eigenvalue weighted by Crippen LogP contribution is 2.34. The second-order valence-electron chi connectivity index (χ2n) is 3.60. The number of methoxy groups -OCH3 is 2. The van der Waals surface area contributed by atoms with Crippen molar-refractivity contribution in [2.24, 2.45) is 0 Å². The molecule has 0 aliphatic carbocycles. The van der Waals surface area contributed by atoms with E-state index < -0.39 is 0 Å². The molecule has 1 heterocycles. The lowest BCUT2D eigenvalue weighted by atomic mass is 10.0. The van der Waals surface area contributed by atoms with Crippen molar-refractivity contribution in [2.45, 2.75) is 0 Å². The van der Waals surface area contributed by atoms with Crippen LogP contribution in [-0.2, 0) is 0 Å². The molecule has 4 heteroatoms. The lowest BCUT2D eigenvalue weighted by Gasteiger charge is -2.11. The summed E-state index contributed by atoms with van der Waals surface area (Å²) in [4.78, 5) is 3.94. The van der Waals surface area contributed by atoms with Gasteiger partial charge in [0, 0.05) is 29.6 Å². The number of nitriles is 1. The van der Waals surface area contributed by atoms with Gasteiger partial charge >= 0.3 is 0 Å². The number of aromatic nitrogens is 1. The zero-order chi connectivity index (χ0) is 13.0. The molecule has 0 saturated heterocycles. The summed E-state index contributed by atoms with van der Waals surface area (Å²) in [6.07, 6.45) is 3.19. The average Bonchev–Trinajstić information content (AvgIpc) is 2.46. The van der Waals surface area contributed by atoms with Crippen LogP contribution in [0.1, 0.15) is 5.56 Å². The Balaban J connectivity index is 2.60. The molecule has 1 aromatic carbocycles. The highest BCUT2D eigenvalue weighted by Gasteiger charge is 2.11. The molecule has 2 aromatic rings. The van der Waals surface area contributed by atoms with Crippen molar-refractivity contribution in [3.63, 3.8) is 0 Å². The summed E-state index contributed by atoms with van der Waals surface area (Å²) in [6.45, 7) is 0. The maximum absolute atomic E-state index is 9.09. The van der Waals surface area contributed by atoms with Crippen LogP contribution in [-0.4, -0.2) is 19.2 Å². The normalized spacial score (nSPS) is 9.61. The number of hydrogen-bond acceptors (Lipinski definition) is 4. The van der Waals surface area contributed by atoms with Gasteiger partial charge in [0.15, 0.2) is 0 Å². The van der Waals surface area contributed by atoms with Crippen LogP contribution in [0.2, 0.25) is 0 Å². The number of rotatable bonds is 3. The maximum Gasteiger partial charge on any atom is 0.130 e. The lowest BCUT2D eigenvalue weighted by molar-refractivity contribution is 0.395. The molecule has 0 unspecified atom stereocenters. The molecular weight excluding hydrogens is 228 g/mol. The summed E-state index contributed by atoms with van der Waals surface area (Å²) < 4.78 is 10.5. The van der Waals surface area contributed by atoms with Crippen LogP contribution < -0.4 is 9.47 Å². The van der Waals surface area contributed by atoms with Gasteiger partial charge in [-0.05, 0) is 18.2 Å². The number of ether oxygens (including phenoxy) is 2. The van der Waals surface area contributed by atoms with E-state index in [1.807, 2.05) is 12.1 Å². The zero-order valence-electron chi connectivity index (χ0n) is 10.2. The molecule has 0 saturated carbocycles. The molecule has 0 fully saturated rings. The first kappa shape index (κ1) is 11.9. The Bertz CT molecular complexity index is 603. The largest absolute Gasteiger partial charge is 0.497 e. The molecule has 0 spiro atoms. The second-order valence-corrected chi connectivity index (χ2v) is 3.60. The Morgan fingerprint density at radius 2 is 1.94 bits per heavy atom. The highest BCUT2D eigenvalue weighted by atomic mass is 16.5. The first-order chi connectivity index (χ1) is 8.80. The monoisotopic (exact) mass is 240 g/mol. The van der Waals surface area contributed by atoms with E-state index >= 15 is 0 Å². The van der Waals surface area contributed by atoms with Crippen molar-refractivity contribution in [3.8, 4) is 28.7 Å². The minimum atomic E-state index is 0.515. The third-order valence-electron chi connectivity index (χ3n) is 2.64. The van der Waals surface area contributed by atoms with Crippen LogP contribution in [0.5, 0.6) is 11.5 Å². The van der Waals surface area contributed by atoms with Gasteiger partial charge in [0.05, 0.1) is 19.8 Å². The number of hydrogen-bond donors (Lipinski definition) is 0. The average molecular weight is 240 g/mol. The van der Waals surface area contributed by atoms with Crippen LogP contribution in [0.3, 0.4) is 0 Å². The van der Waals surface area contributed by atoms with Crippen molar-refractivity contribution in [1.29, 1.82) is 5.26 Å². The molecule has 90 valence electrons. The Labute approximate surface area is 105 Å². The Kier molecular flexibility index (Phi) is 3.44. The van der Waals surface area contributed by atoms with Crippen molar-refractivity contribution >= 4 is 0 Å². The third-order valence-corrected chi connectivity index (χ3v) is 2.64. The fourth-order valence-corrected chi connectivity index (χ4v) is 1.74. The molecule has 1 aromatic heterocycles. The fourth-order valence-electron chi connectivity index (χ4n) is 1.74. The minimum Gasteiger partial charge on any atom is -0.497 e. The molecule has 0 aliphatic rings. The number of nitrogens with zero attached hydrogens (tertiary/aromatic N) is 2. The molecule has 0 atom stereocenters. The molecule has 0 radical (unpaired) electrons. The van der Waals surface area contributed by atoms with E-state index in [0.29, 0.717) is 17.1 Å². The van der Waals surface area contributed by atoms with Gasteiger partial charge in [-0.25, -0.2) is 0 Å². The predicted octanol–water partition coefficient (Wildman–Crippen LogP) is 2.64. The summed E-state index contributed by atoms with van der Waals surface area (Å²) >= 11 is 0. The van der Waals surface area contributed by atoms with E-state index in [4.69, 9.17) is 14.7 Å². The Morgan fingerprint density at radius 1 is 1.11 bits per heavy atom. The zero-order valence-corrected chi connectivity index (χ0v) is 10.2. The number of pyridine rings is 1. The molecule has 0 aliphatic heterocycles. The van der Waals surface area contributed by atoms with Crippen LogP contribution in [0, 0.1) is 11.3 Å². The Morgan fingerprint density at radius 3 is 2.61 bits per heavy atom. The molecule has 0 bridgehead atoms. The van der Waals surface area contributed by atoms with E-state index in [1.54, 1.807) is 38.7 Å². The third kappa shape index (κ3) is 2.11. The molecule has 0 N–H and O–H groups in total. The van der Waals surface area contributed by atoms with Gasteiger partial charge < -0.3 is 9.47 Å². The van der Waals surface area contributed by atoms with Crippen LogP contribution in [0.15, 0.2) is 36.7 Å². The summed E-state index contributed by atoms with van der Waals surface area (Å²) in [6, 6.07) is 9.41. The van der Waals surface area contributed by atoms with E-state index in [2.05, 4.69) is 11.1 Å². The summed E-state index contributed by atoms with van der Waals surface area (Å²) in [5, 5.41) is 9.09. The van der Waals surface area contributed by atoms with Crippen molar-refractivity contribution in [1.82, 2.24) is 4.98 Å². The van der Waals surface area contributed by atoms with Gasteiger partial charge in [0.2, 0.25) is 0 Å². The topological polar surface area (TPSA) is 55.1 Å². The van der Waals surface area contributed by atoms with Crippen LogP contribution in [0.25, 0.3) is 11.1 Å². The standard InChI is InChI=1S/C14H12N2O2/c1-17-11-3-4-13(14(7-11)18-2)12-5-6-16-9-10(12)8-15/h3-7,9H,1-2H3. The van der Waals surface area contributed by atoms with Gasteiger partial charge in [-0.15, -0.1) is 0 Å². The van der Waals surface area contributed by atoms with Gasteiger partial charge in [-0.1, -0.05) is 0 Å². The quantitative estimate of drug-likeness (QED) is 0.827. The first-order valence-electron chi connectivity index (χ1n) is 5.36. The van der Waals surface area contributed by atoms with Crippen molar-refractivity contribution in [3.05, 3.63) is 42.2 Å². The molecular formula is C14H12N2O2. The summed E-state index contributed by atoms with van der Waals surface area (Å²) in [5.74, 6) is 1.38. The first-order valence-corrected chi connectivity index (χ1v) is 5.36. The van der Waals surface area contributed by atoms with E-state index in [9.17, 15) is 0 Å². The van der Waals surface area contributed by atoms with Crippen molar-refractivity contribution in [2.75, 3.05) is 14.2 Å².